The number of nitrogens with one attached hydrogen (secondary N) is 1. The number of hydrogen-bond acceptors (Lipinski definition) is 10. The molecule has 0 saturated carbocycles. The van der Waals surface area contributed by atoms with Gasteiger partial charge >= 0.3 is 5.97 Å². The number of carbonyl (C=O) groups excluding carboxylic acids is 1. The molecule has 1 N–H and O–H groups in total. The van der Waals surface area contributed by atoms with Crippen molar-refractivity contribution in [1.82, 2.24) is 19.9 Å². The van der Waals surface area contributed by atoms with Crippen LogP contribution in [0, 0.1) is 0 Å². The van der Waals surface area contributed by atoms with Crippen LogP contribution in [0.3, 0.4) is 0 Å². The Balaban J connectivity index is 1.67. The summed E-state index contributed by atoms with van der Waals surface area (Å²) in [7, 11) is 0. The minimum atomic E-state index is -0.305. The molecular formula is C20H22N6O3S. The van der Waals surface area contributed by atoms with E-state index in [4.69, 9.17) is 9.47 Å². The highest BCUT2D eigenvalue weighted by Gasteiger charge is 2.17. The molecule has 1 fully saturated rings. The summed E-state index contributed by atoms with van der Waals surface area (Å²) in [4.78, 5) is 32.2. The first-order chi connectivity index (χ1) is 14.7. The Kier molecular flexibility index (Phi) is 6.55. The molecule has 0 aliphatic carbocycles. The van der Waals surface area contributed by atoms with Gasteiger partial charge in [-0.1, -0.05) is 30.0 Å². The van der Waals surface area contributed by atoms with Gasteiger partial charge in [0.05, 0.1) is 31.0 Å². The van der Waals surface area contributed by atoms with E-state index in [0.29, 0.717) is 47.8 Å². The highest BCUT2D eigenvalue weighted by molar-refractivity contribution is 7.99. The van der Waals surface area contributed by atoms with Gasteiger partial charge in [0.25, 0.3) is 0 Å². The first kappa shape index (κ1) is 20.3. The summed E-state index contributed by atoms with van der Waals surface area (Å²) < 4.78 is 10.4. The summed E-state index contributed by atoms with van der Waals surface area (Å²) in [6.45, 7) is 4.88. The number of anilines is 3. The summed E-state index contributed by atoms with van der Waals surface area (Å²) in [5.41, 5.74) is 1.40. The molecular weight excluding hydrogens is 404 g/mol. The number of ether oxygens (including phenoxy) is 2. The molecule has 0 atom stereocenters. The highest BCUT2D eigenvalue weighted by Crippen LogP contribution is 2.27. The van der Waals surface area contributed by atoms with E-state index in [-0.39, 0.29) is 11.7 Å². The highest BCUT2D eigenvalue weighted by atomic mass is 32.2. The standard InChI is InChI=1S/C20H22N6O3S/c1-2-29-16(27)13-30-20-24-17(22-14-6-4-3-5-7-14)15-12-21-19(23-18(15)25-20)26-8-10-28-11-9-26/h3-7,12H,2,8-11,13H2,1H3,(H,21,22,23,24,25). The lowest BCUT2D eigenvalue weighted by atomic mass is 10.3. The number of rotatable bonds is 7. The molecule has 3 heterocycles. The quantitative estimate of drug-likeness (QED) is 0.344. The average Bonchev–Trinajstić information content (AvgIpc) is 2.79. The second-order valence-electron chi connectivity index (χ2n) is 6.45. The van der Waals surface area contributed by atoms with E-state index in [1.165, 1.54) is 11.8 Å². The molecule has 2 aromatic heterocycles. The number of thioether (sulfide) groups is 1. The Labute approximate surface area is 178 Å². The van der Waals surface area contributed by atoms with Crippen molar-refractivity contribution in [3.63, 3.8) is 0 Å². The number of nitrogens with zero attached hydrogens (tertiary/aromatic N) is 5. The molecule has 4 rings (SSSR count). The average molecular weight is 427 g/mol. The largest absolute Gasteiger partial charge is 0.465 e. The number of aromatic nitrogens is 4. The number of hydrogen-bond donors (Lipinski definition) is 1. The van der Waals surface area contributed by atoms with Crippen LogP contribution < -0.4 is 10.2 Å². The van der Waals surface area contributed by atoms with Crippen molar-refractivity contribution in [3.8, 4) is 0 Å². The molecule has 1 aliphatic rings. The van der Waals surface area contributed by atoms with E-state index >= 15 is 0 Å². The van der Waals surface area contributed by atoms with Crippen LogP contribution in [0.15, 0.2) is 41.7 Å². The normalized spacial score (nSPS) is 14.0. The van der Waals surface area contributed by atoms with Crippen molar-refractivity contribution in [2.24, 2.45) is 0 Å². The predicted octanol–water partition coefficient (Wildman–Crippen LogP) is 2.66. The molecule has 1 aliphatic heterocycles. The van der Waals surface area contributed by atoms with Crippen LogP contribution in [0.2, 0.25) is 0 Å². The summed E-state index contributed by atoms with van der Waals surface area (Å²) in [6, 6.07) is 9.72. The molecule has 156 valence electrons. The Morgan fingerprint density at radius 3 is 2.77 bits per heavy atom. The van der Waals surface area contributed by atoms with Crippen LogP contribution >= 0.6 is 11.8 Å². The number of morpholine rings is 1. The van der Waals surface area contributed by atoms with Gasteiger partial charge in [-0.15, -0.1) is 0 Å². The van der Waals surface area contributed by atoms with Crippen LogP contribution in [-0.2, 0) is 14.3 Å². The minimum absolute atomic E-state index is 0.130. The fourth-order valence-corrected chi connectivity index (χ4v) is 3.58. The summed E-state index contributed by atoms with van der Waals surface area (Å²) in [6.07, 6.45) is 1.73. The maximum Gasteiger partial charge on any atom is 0.316 e. The van der Waals surface area contributed by atoms with E-state index in [1.54, 1.807) is 13.1 Å². The lowest BCUT2D eigenvalue weighted by molar-refractivity contribution is -0.139. The van der Waals surface area contributed by atoms with Crippen LogP contribution in [-0.4, -0.2) is 64.6 Å². The molecule has 1 aromatic carbocycles. The van der Waals surface area contributed by atoms with E-state index in [0.717, 1.165) is 18.8 Å². The number of para-hydroxylation sites is 1. The van der Waals surface area contributed by atoms with Gasteiger partial charge in [-0.2, -0.15) is 4.98 Å². The molecule has 0 radical (unpaired) electrons. The SMILES string of the molecule is CCOC(=O)CSc1nc(Nc2ccccc2)c2cnc(N3CCOCC3)nc2n1. The molecule has 3 aromatic rings. The zero-order valence-electron chi connectivity index (χ0n) is 16.6. The number of carbonyl (C=O) groups is 1. The zero-order chi connectivity index (χ0) is 20.8. The van der Waals surface area contributed by atoms with Crippen molar-refractivity contribution in [2.75, 3.05) is 48.9 Å². The zero-order valence-corrected chi connectivity index (χ0v) is 17.4. The van der Waals surface area contributed by atoms with Crippen molar-refractivity contribution in [3.05, 3.63) is 36.5 Å². The molecule has 1 saturated heterocycles. The molecule has 9 nitrogen and oxygen atoms in total. The van der Waals surface area contributed by atoms with E-state index in [9.17, 15) is 4.79 Å². The molecule has 30 heavy (non-hydrogen) atoms. The summed E-state index contributed by atoms with van der Waals surface area (Å²) in [5, 5.41) is 4.45. The van der Waals surface area contributed by atoms with Gasteiger partial charge in [-0.3, -0.25) is 4.79 Å². The smallest absolute Gasteiger partial charge is 0.316 e. The van der Waals surface area contributed by atoms with Crippen LogP contribution in [0.5, 0.6) is 0 Å². The lowest BCUT2D eigenvalue weighted by Crippen LogP contribution is -2.37. The topological polar surface area (TPSA) is 102 Å². The van der Waals surface area contributed by atoms with E-state index in [2.05, 4.69) is 30.2 Å². The maximum atomic E-state index is 11.8. The molecule has 0 unspecified atom stereocenters. The van der Waals surface area contributed by atoms with Crippen LogP contribution in [0.1, 0.15) is 6.92 Å². The maximum absolute atomic E-state index is 11.8. The summed E-state index contributed by atoms with van der Waals surface area (Å²) in [5.74, 6) is 1.02. The van der Waals surface area contributed by atoms with Gasteiger partial charge in [0, 0.05) is 25.0 Å². The van der Waals surface area contributed by atoms with Gasteiger partial charge in [0.1, 0.15) is 5.82 Å². The van der Waals surface area contributed by atoms with Crippen LogP contribution in [0.25, 0.3) is 11.0 Å². The molecule has 10 heteroatoms. The van der Waals surface area contributed by atoms with Gasteiger partial charge in [0.15, 0.2) is 10.8 Å². The third-order valence-corrected chi connectivity index (χ3v) is 5.20. The molecule has 0 bridgehead atoms. The Hall–Kier alpha value is -2.98. The van der Waals surface area contributed by atoms with E-state index in [1.807, 2.05) is 30.3 Å². The minimum Gasteiger partial charge on any atom is -0.465 e. The van der Waals surface area contributed by atoms with E-state index < -0.39 is 0 Å². The Bertz CT molecular complexity index is 1010. The fraction of sp³-hybridized carbons (Fsp3) is 0.350. The third-order valence-electron chi connectivity index (χ3n) is 4.37. The Morgan fingerprint density at radius 1 is 1.20 bits per heavy atom. The second kappa shape index (κ2) is 9.68. The van der Waals surface area contributed by atoms with Crippen molar-refractivity contribution in [2.45, 2.75) is 12.1 Å². The lowest BCUT2D eigenvalue weighted by Gasteiger charge is -2.26. The van der Waals surface area contributed by atoms with Crippen LogP contribution in [0.4, 0.5) is 17.5 Å². The van der Waals surface area contributed by atoms with Gasteiger partial charge < -0.3 is 19.7 Å². The predicted molar refractivity (Wildman–Crippen MR) is 115 cm³/mol. The molecule has 0 spiro atoms. The first-order valence-electron chi connectivity index (χ1n) is 9.71. The number of benzene rings is 1. The fourth-order valence-electron chi connectivity index (χ4n) is 2.95. The first-order valence-corrected chi connectivity index (χ1v) is 10.7. The van der Waals surface area contributed by atoms with Gasteiger partial charge in [-0.25, -0.2) is 15.0 Å². The van der Waals surface area contributed by atoms with Gasteiger partial charge in [-0.05, 0) is 19.1 Å². The summed E-state index contributed by atoms with van der Waals surface area (Å²) >= 11 is 1.22. The number of esters is 1. The van der Waals surface area contributed by atoms with Crippen molar-refractivity contribution >= 4 is 46.2 Å². The van der Waals surface area contributed by atoms with Crippen molar-refractivity contribution in [1.29, 1.82) is 0 Å². The molecule has 0 amide bonds. The van der Waals surface area contributed by atoms with Crippen molar-refractivity contribution < 1.29 is 14.3 Å². The monoisotopic (exact) mass is 426 g/mol. The second-order valence-corrected chi connectivity index (χ2v) is 7.39. The number of fused-ring (bicyclic) bond motifs is 1. The third kappa shape index (κ3) is 4.95. The van der Waals surface area contributed by atoms with Gasteiger partial charge in [0.2, 0.25) is 5.95 Å². The Morgan fingerprint density at radius 2 is 2.00 bits per heavy atom.